The quantitative estimate of drug-likeness (QED) is 0.831. The molecule has 1 saturated carbocycles. The third-order valence-electron chi connectivity index (χ3n) is 6.03. The van der Waals surface area contributed by atoms with Crippen molar-refractivity contribution in [1.29, 1.82) is 0 Å². The number of ether oxygens (including phenoxy) is 1. The smallest absolute Gasteiger partial charge is 0.230 e. The molecule has 0 spiro atoms. The van der Waals surface area contributed by atoms with Crippen molar-refractivity contribution in [3.63, 3.8) is 0 Å². The van der Waals surface area contributed by atoms with Crippen LogP contribution in [-0.4, -0.2) is 39.3 Å². The molecule has 0 bridgehead atoms. The fourth-order valence-electron chi connectivity index (χ4n) is 4.47. The Morgan fingerprint density at radius 2 is 1.80 bits per heavy atom. The number of piperidine rings is 1. The molecule has 1 heterocycles. The summed E-state index contributed by atoms with van der Waals surface area (Å²) in [5.74, 6) is -0.170. The van der Waals surface area contributed by atoms with Crippen molar-refractivity contribution in [2.45, 2.75) is 43.9 Å². The van der Waals surface area contributed by atoms with Crippen LogP contribution in [0.3, 0.4) is 0 Å². The van der Waals surface area contributed by atoms with Gasteiger partial charge in [0.25, 0.3) is 0 Å². The van der Waals surface area contributed by atoms with E-state index >= 15 is 0 Å². The van der Waals surface area contributed by atoms with Crippen molar-refractivity contribution >= 4 is 5.91 Å². The zero-order chi connectivity index (χ0) is 17.8. The number of carbonyl (C=O) groups is 1. The highest BCUT2D eigenvalue weighted by molar-refractivity contribution is 5.88. The van der Waals surface area contributed by atoms with Crippen LogP contribution in [0.25, 0.3) is 0 Å². The molecule has 1 aliphatic carbocycles. The van der Waals surface area contributed by atoms with Crippen LogP contribution in [0.2, 0.25) is 0 Å². The molecule has 4 nitrogen and oxygen atoms in total. The van der Waals surface area contributed by atoms with Gasteiger partial charge in [-0.2, -0.15) is 0 Å². The molecule has 0 unspecified atom stereocenters. The largest absolute Gasteiger partial charge is 0.384 e. The molecular weight excluding hydrogens is 319 g/mol. The summed E-state index contributed by atoms with van der Waals surface area (Å²) in [6.45, 7) is 3.23. The number of halogens is 1. The minimum absolute atomic E-state index is 0.0122. The zero-order valence-electron chi connectivity index (χ0n) is 15.1. The molecule has 2 aliphatic rings. The van der Waals surface area contributed by atoms with Crippen LogP contribution in [0.1, 0.15) is 44.1 Å². The number of amides is 1. The summed E-state index contributed by atoms with van der Waals surface area (Å²) < 4.78 is 18.7. The zero-order valence-corrected chi connectivity index (χ0v) is 15.1. The minimum atomic E-state index is -0.505. The number of benzene rings is 1. The van der Waals surface area contributed by atoms with Crippen LogP contribution in [-0.2, 0) is 14.9 Å². The number of hydrogen-bond donors (Lipinski definition) is 2. The van der Waals surface area contributed by atoms with Gasteiger partial charge in [0.05, 0.1) is 12.0 Å². The first-order valence-corrected chi connectivity index (χ1v) is 9.34. The molecule has 1 saturated heterocycles. The highest BCUT2D eigenvalue weighted by atomic mass is 19.1. The van der Waals surface area contributed by atoms with Gasteiger partial charge in [0.2, 0.25) is 5.91 Å². The predicted octanol–water partition coefficient (Wildman–Crippen LogP) is 2.77. The Kier molecular flexibility index (Phi) is 5.74. The number of carbonyl (C=O) groups excluding carboxylic acids is 1. The normalized spacial score (nSPS) is 21.8. The molecule has 1 aromatic rings. The Hall–Kier alpha value is -1.46. The fourth-order valence-corrected chi connectivity index (χ4v) is 4.47. The summed E-state index contributed by atoms with van der Waals surface area (Å²) in [6, 6.07) is 6.47. The van der Waals surface area contributed by atoms with E-state index in [4.69, 9.17) is 4.74 Å². The molecule has 0 aromatic heterocycles. The van der Waals surface area contributed by atoms with Gasteiger partial charge >= 0.3 is 0 Å². The second-order valence-electron chi connectivity index (χ2n) is 7.66. The average molecular weight is 348 g/mol. The van der Waals surface area contributed by atoms with E-state index in [2.05, 4.69) is 10.6 Å². The van der Waals surface area contributed by atoms with Crippen molar-refractivity contribution < 1.29 is 13.9 Å². The van der Waals surface area contributed by atoms with E-state index in [-0.39, 0.29) is 17.1 Å². The van der Waals surface area contributed by atoms with Crippen LogP contribution in [0, 0.1) is 11.2 Å². The van der Waals surface area contributed by atoms with Crippen LogP contribution < -0.4 is 10.6 Å². The Labute approximate surface area is 149 Å². The third kappa shape index (κ3) is 3.87. The van der Waals surface area contributed by atoms with Crippen molar-refractivity contribution in [3.05, 3.63) is 35.6 Å². The van der Waals surface area contributed by atoms with Crippen LogP contribution in [0.4, 0.5) is 4.39 Å². The minimum Gasteiger partial charge on any atom is -0.384 e. The van der Waals surface area contributed by atoms with Gasteiger partial charge in [0.1, 0.15) is 5.82 Å². The molecule has 1 amide bonds. The number of nitrogens with one attached hydrogen (secondary N) is 2. The second kappa shape index (κ2) is 7.83. The average Bonchev–Trinajstić information content (AvgIpc) is 3.12. The second-order valence-corrected chi connectivity index (χ2v) is 7.66. The standard InChI is InChI=1S/C20H29FN2O2/c1-25-15-19(10-12-22-13-11-19)14-23-18(24)20(8-2-3-9-20)16-4-6-17(21)7-5-16/h4-7,22H,2-3,8-15H2,1H3,(H,23,24). The molecule has 1 aromatic carbocycles. The van der Waals surface area contributed by atoms with Gasteiger partial charge in [-0.3, -0.25) is 4.79 Å². The molecule has 0 radical (unpaired) electrons. The molecule has 25 heavy (non-hydrogen) atoms. The monoisotopic (exact) mass is 348 g/mol. The molecule has 3 rings (SSSR count). The van der Waals surface area contributed by atoms with E-state index < -0.39 is 5.41 Å². The number of hydrogen-bond acceptors (Lipinski definition) is 3. The maximum absolute atomic E-state index is 13.3. The Morgan fingerprint density at radius 3 is 2.40 bits per heavy atom. The number of methoxy groups -OCH3 is 1. The van der Waals surface area contributed by atoms with E-state index in [0.29, 0.717) is 13.2 Å². The highest BCUT2D eigenvalue weighted by Gasteiger charge is 2.43. The van der Waals surface area contributed by atoms with Gasteiger partial charge in [0, 0.05) is 19.1 Å². The lowest BCUT2D eigenvalue weighted by molar-refractivity contribution is -0.127. The van der Waals surface area contributed by atoms with Gasteiger partial charge in [-0.05, 0) is 56.5 Å². The molecule has 2 N–H and O–H groups in total. The molecule has 138 valence electrons. The summed E-state index contributed by atoms with van der Waals surface area (Å²) in [5, 5.41) is 6.61. The predicted molar refractivity (Wildman–Crippen MR) is 96.0 cm³/mol. The first-order valence-electron chi connectivity index (χ1n) is 9.34. The van der Waals surface area contributed by atoms with Crippen molar-refractivity contribution in [1.82, 2.24) is 10.6 Å². The summed E-state index contributed by atoms with van der Waals surface area (Å²) in [5.41, 5.74) is 0.447. The Morgan fingerprint density at radius 1 is 1.16 bits per heavy atom. The Balaban J connectivity index is 1.74. The maximum atomic E-state index is 13.3. The van der Waals surface area contributed by atoms with E-state index in [1.54, 1.807) is 19.2 Å². The first-order chi connectivity index (χ1) is 12.1. The first kappa shape index (κ1) is 18.3. The van der Waals surface area contributed by atoms with Crippen LogP contribution >= 0.6 is 0 Å². The van der Waals surface area contributed by atoms with Gasteiger partial charge in [-0.25, -0.2) is 4.39 Å². The van der Waals surface area contributed by atoms with Gasteiger partial charge in [0.15, 0.2) is 0 Å². The molecule has 0 atom stereocenters. The third-order valence-corrected chi connectivity index (χ3v) is 6.03. The highest BCUT2D eigenvalue weighted by Crippen LogP contribution is 2.41. The summed E-state index contributed by atoms with van der Waals surface area (Å²) in [4.78, 5) is 13.2. The van der Waals surface area contributed by atoms with Crippen LogP contribution in [0.5, 0.6) is 0 Å². The lowest BCUT2D eigenvalue weighted by Gasteiger charge is -2.38. The maximum Gasteiger partial charge on any atom is 0.230 e. The van der Waals surface area contributed by atoms with Crippen molar-refractivity contribution in [2.24, 2.45) is 5.41 Å². The number of rotatable bonds is 6. The lowest BCUT2D eigenvalue weighted by Crippen LogP contribution is -2.51. The van der Waals surface area contributed by atoms with Gasteiger partial charge in [-0.1, -0.05) is 25.0 Å². The van der Waals surface area contributed by atoms with Gasteiger partial charge < -0.3 is 15.4 Å². The SMILES string of the molecule is COCC1(CNC(=O)C2(c3ccc(F)cc3)CCCC2)CCNCC1. The summed E-state index contributed by atoms with van der Waals surface area (Å²) in [7, 11) is 1.72. The lowest BCUT2D eigenvalue weighted by atomic mass is 9.76. The Bertz CT molecular complexity index is 570. The topological polar surface area (TPSA) is 50.4 Å². The molecular formula is C20H29FN2O2. The van der Waals surface area contributed by atoms with E-state index in [0.717, 1.165) is 57.2 Å². The van der Waals surface area contributed by atoms with Gasteiger partial charge in [-0.15, -0.1) is 0 Å². The molecule has 5 heteroatoms. The van der Waals surface area contributed by atoms with E-state index in [9.17, 15) is 9.18 Å². The van der Waals surface area contributed by atoms with E-state index in [1.165, 1.54) is 12.1 Å². The van der Waals surface area contributed by atoms with Crippen molar-refractivity contribution in [2.75, 3.05) is 33.4 Å². The summed E-state index contributed by atoms with van der Waals surface area (Å²) in [6.07, 6.45) is 5.76. The summed E-state index contributed by atoms with van der Waals surface area (Å²) >= 11 is 0. The van der Waals surface area contributed by atoms with E-state index in [1.807, 2.05) is 0 Å². The molecule has 1 aliphatic heterocycles. The van der Waals surface area contributed by atoms with Crippen LogP contribution in [0.15, 0.2) is 24.3 Å². The van der Waals surface area contributed by atoms with Crippen molar-refractivity contribution in [3.8, 4) is 0 Å². The fraction of sp³-hybridized carbons (Fsp3) is 0.650. The molecule has 2 fully saturated rings.